The van der Waals surface area contributed by atoms with Crippen molar-refractivity contribution in [2.75, 3.05) is 13.1 Å². The fraction of sp³-hybridized carbons (Fsp3) is 0.500. The molecular formula is C12H17BrN2O2S. The Hall–Kier alpha value is -0.430. The van der Waals surface area contributed by atoms with Crippen LogP contribution < -0.4 is 10.5 Å². The van der Waals surface area contributed by atoms with Crippen LogP contribution in [0.15, 0.2) is 33.6 Å². The van der Waals surface area contributed by atoms with Gasteiger partial charge in [-0.3, -0.25) is 0 Å². The van der Waals surface area contributed by atoms with Gasteiger partial charge in [0, 0.05) is 11.0 Å². The number of halogens is 1. The fourth-order valence-corrected chi connectivity index (χ4v) is 3.50. The van der Waals surface area contributed by atoms with Crippen molar-refractivity contribution >= 4 is 26.0 Å². The second kappa shape index (κ2) is 5.28. The van der Waals surface area contributed by atoms with E-state index in [-0.39, 0.29) is 10.3 Å². The molecular weight excluding hydrogens is 316 g/mol. The highest BCUT2D eigenvalue weighted by atomic mass is 79.9. The molecule has 0 saturated heterocycles. The summed E-state index contributed by atoms with van der Waals surface area (Å²) in [5.41, 5.74) is 5.69. The van der Waals surface area contributed by atoms with Gasteiger partial charge in [0.1, 0.15) is 0 Å². The minimum atomic E-state index is -3.42. The fourth-order valence-electron chi connectivity index (χ4n) is 2.08. The minimum Gasteiger partial charge on any atom is -0.330 e. The van der Waals surface area contributed by atoms with Gasteiger partial charge in [-0.05, 0) is 49.1 Å². The normalized spacial score (nSPS) is 18.3. The summed E-state index contributed by atoms with van der Waals surface area (Å²) in [5.74, 6) is 0. The van der Waals surface area contributed by atoms with Gasteiger partial charge in [-0.2, -0.15) is 0 Å². The predicted molar refractivity (Wildman–Crippen MR) is 74.7 cm³/mol. The van der Waals surface area contributed by atoms with E-state index in [2.05, 4.69) is 20.7 Å². The summed E-state index contributed by atoms with van der Waals surface area (Å²) in [4.78, 5) is 0.289. The first kappa shape index (κ1) is 14.0. The maximum atomic E-state index is 12.1. The summed E-state index contributed by atoms with van der Waals surface area (Å²) in [6, 6.07) is 6.61. The van der Waals surface area contributed by atoms with Gasteiger partial charge in [0.05, 0.1) is 4.90 Å². The van der Waals surface area contributed by atoms with Crippen LogP contribution in [0.4, 0.5) is 0 Å². The zero-order valence-electron chi connectivity index (χ0n) is 10.0. The molecule has 1 aromatic carbocycles. The molecule has 18 heavy (non-hydrogen) atoms. The van der Waals surface area contributed by atoms with E-state index in [1.165, 1.54) is 0 Å². The van der Waals surface area contributed by atoms with E-state index in [9.17, 15) is 8.42 Å². The Kier molecular flexibility index (Phi) is 4.11. The Morgan fingerprint density at radius 3 is 2.33 bits per heavy atom. The third kappa shape index (κ3) is 2.93. The van der Waals surface area contributed by atoms with Crippen LogP contribution in [0.5, 0.6) is 0 Å². The molecule has 4 nitrogen and oxygen atoms in total. The van der Waals surface area contributed by atoms with E-state index in [0.29, 0.717) is 13.1 Å². The Morgan fingerprint density at radius 2 is 1.89 bits per heavy atom. The lowest BCUT2D eigenvalue weighted by molar-refractivity contribution is 0.150. The van der Waals surface area contributed by atoms with E-state index in [4.69, 9.17) is 5.73 Å². The quantitative estimate of drug-likeness (QED) is 0.864. The van der Waals surface area contributed by atoms with E-state index in [0.717, 1.165) is 23.7 Å². The lowest BCUT2D eigenvalue weighted by Crippen LogP contribution is -2.46. The molecule has 0 aliphatic heterocycles. The maximum Gasteiger partial charge on any atom is 0.240 e. The summed E-state index contributed by atoms with van der Waals surface area (Å²) < 4.78 is 27.7. The second-order valence-corrected chi connectivity index (χ2v) is 7.52. The van der Waals surface area contributed by atoms with Gasteiger partial charge in [0.15, 0.2) is 0 Å². The number of hydrogen-bond acceptors (Lipinski definition) is 3. The molecule has 0 spiro atoms. The number of nitrogens with one attached hydrogen (secondary N) is 1. The van der Waals surface area contributed by atoms with Crippen LogP contribution in [0.1, 0.15) is 19.3 Å². The van der Waals surface area contributed by atoms with Crippen LogP contribution in [-0.4, -0.2) is 21.5 Å². The summed E-state index contributed by atoms with van der Waals surface area (Å²) in [7, 11) is -3.42. The largest absolute Gasteiger partial charge is 0.330 e. The molecule has 0 amide bonds. The first-order valence-corrected chi connectivity index (χ1v) is 8.20. The van der Waals surface area contributed by atoms with Crippen molar-refractivity contribution in [1.29, 1.82) is 0 Å². The SMILES string of the molecule is NCC1(CNS(=O)(=O)c2ccc(Br)cc2)CCC1. The highest BCUT2D eigenvalue weighted by Crippen LogP contribution is 2.39. The van der Waals surface area contributed by atoms with Crippen molar-refractivity contribution in [3.8, 4) is 0 Å². The van der Waals surface area contributed by atoms with Crippen molar-refractivity contribution in [2.24, 2.45) is 11.1 Å². The minimum absolute atomic E-state index is 0.0254. The van der Waals surface area contributed by atoms with Crippen molar-refractivity contribution < 1.29 is 8.42 Å². The molecule has 1 aliphatic carbocycles. The molecule has 0 heterocycles. The third-order valence-electron chi connectivity index (χ3n) is 3.61. The lowest BCUT2D eigenvalue weighted by Gasteiger charge is -2.40. The molecule has 0 radical (unpaired) electrons. The van der Waals surface area contributed by atoms with Gasteiger partial charge < -0.3 is 5.73 Å². The molecule has 1 fully saturated rings. The third-order valence-corrected chi connectivity index (χ3v) is 5.55. The van der Waals surface area contributed by atoms with Crippen molar-refractivity contribution in [1.82, 2.24) is 4.72 Å². The lowest BCUT2D eigenvalue weighted by atomic mass is 9.69. The highest BCUT2D eigenvalue weighted by molar-refractivity contribution is 9.10. The molecule has 1 saturated carbocycles. The van der Waals surface area contributed by atoms with Crippen LogP contribution in [0.3, 0.4) is 0 Å². The monoisotopic (exact) mass is 332 g/mol. The summed E-state index contributed by atoms with van der Waals surface area (Å²) >= 11 is 3.28. The molecule has 0 aromatic heterocycles. The van der Waals surface area contributed by atoms with Gasteiger partial charge in [0.2, 0.25) is 10.0 Å². The maximum absolute atomic E-state index is 12.1. The zero-order valence-corrected chi connectivity index (χ0v) is 12.4. The van der Waals surface area contributed by atoms with E-state index < -0.39 is 10.0 Å². The Labute approximate surface area is 116 Å². The van der Waals surface area contributed by atoms with Crippen molar-refractivity contribution in [3.63, 3.8) is 0 Å². The zero-order chi connectivity index (χ0) is 13.2. The Balaban J connectivity index is 2.05. The van der Waals surface area contributed by atoms with Crippen molar-refractivity contribution in [3.05, 3.63) is 28.7 Å². The van der Waals surface area contributed by atoms with Gasteiger partial charge in [0.25, 0.3) is 0 Å². The number of sulfonamides is 1. The molecule has 1 aliphatic rings. The van der Waals surface area contributed by atoms with Gasteiger partial charge in [-0.25, -0.2) is 13.1 Å². The molecule has 2 rings (SSSR count). The first-order valence-electron chi connectivity index (χ1n) is 5.93. The first-order chi connectivity index (χ1) is 8.47. The van der Waals surface area contributed by atoms with Crippen LogP contribution in [0, 0.1) is 5.41 Å². The molecule has 100 valence electrons. The van der Waals surface area contributed by atoms with Gasteiger partial charge >= 0.3 is 0 Å². The van der Waals surface area contributed by atoms with Gasteiger partial charge in [-0.15, -0.1) is 0 Å². The number of rotatable bonds is 5. The smallest absolute Gasteiger partial charge is 0.240 e. The van der Waals surface area contributed by atoms with E-state index in [1.54, 1.807) is 24.3 Å². The Morgan fingerprint density at radius 1 is 1.28 bits per heavy atom. The van der Waals surface area contributed by atoms with Crippen LogP contribution in [0.2, 0.25) is 0 Å². The molecule has 0 atom stereocenters. The van der Waals surface area contributed by atoms with E-state index in [1.807, 2.05) is 0 Å². The van der Waals surface area contributed by atoms with Crippen molar-refractivity contribution in [2.45, 2.75) is 24.2 Å². The molecule has 0 unspecified atom stereocenters. The second-order valence-electron chi connectivity index (χ2n) is 4.84. The standard InChI is InChI=1S/C12H17BrN2O2S/c13-10-2-4-11(5-3-10)18(16,17)15-9-12(8-14)6-1-7-12/h2-5,15H,1,6-9,14H2. The molecule has 1 aromatic rings. The van der Waals surface area contributed by atoms with E-state index >= 15 is 0 Å². The van der Waals surface area contributed by atoms with Crippen LogP contribution in [0.25, 0.3) is 0 Å². The molecule has 0 bridgehead atoms. The predicted octanol–water partition coefficient (Wildman–Crippen LogP) is 1.86. The number of nitrogens with two attached hydrogens (primary N) is 1. The average Bonchev–Trinajstić information content (AvgIpc) is 2.29. The van der Waals surface area contributed by atoms with Gasteiger partial charge in [-0.1, -0.05) is 22.4 Å². The number of hydrogen-bond donors (Lipinski definition) is 2. The molecule has 3 N–H and O–H groups in total. The summed E-state index contributed by atoms with van der Waals surface area (Å²) in [6.45, 7) is 0.970. The summed E-state index contributed by atoms with van der Waals surface area (Å²) in [6.07, 6.45) is 3.15. The number of benzene rings is 1. The Bertz CT molecular complexity index is 504. The molecule has 6 heteroatoms. The average molecular weight is 333 g/mol. The van der Waals surface area contributed by atoms with Crippen LogP contribution in [-0.2, 0) is 10.0 Å². The topological polar surface area (TPSA) is 72.2 Å². The summed E-state index contributed by atoms with van der Waals surface area (Å²) in [5, 5.41) is 0. The highest BCUT2D eigenvalue weighted by Gasteiger charge is 2.36. The van der Waals surface area contributed by atoms with Crippen LogP contribution >= 0.6 is 15.9 Å².